The van der Waals surface area contributed by atoms with Crippen molar-refractivity contribution in [2.45, 2.75) is 12.5 Å². The van der Waals surface area contributed by atoms with E-state index in [9.17, 15) is 4.79 Å². The number of halogens is 1. The number of anilines is 1. The van der Waals surface area contributed by atoms with Gasteiger partial charge in [0.2, 0.25) is 5.91 Å². The van der Waals surface area contributed by atoms with Gasteiger partial charge in [0.15, 0.2) is 0 Å². The molecule has 4 N–H and O–H groups in total. The highest BCUT2D eigenvalue weighted by atomic mass is 35.5. The molecule has 1 amide bonds. The van der Waals surface area contributed by atoms with Gasteiger partial charge in [-0.25, -0.2) is 0 Å². The van der Waals surface area contributed by atoms with Crippen molar-refractivity contribution in [2.75, 3.05) is 25.1 Å². The Hall–Kier alpha value is -1.14. The van der Waals surface area contributed by atoms with E-state index in [-0.39, 0.29) is 25.7 Å². The van der Waals surface area contributed by atoms with Crippen LogP contribution in [0.2, 0.25) is 5.02 Å². The molecular formula is C12H17ClN2O3. The molecule has 0 saturated carbocycles. The molecule has 0 heterocycles. The van der Waals surface area contributed by atoms with E-state index in [2.05, 4.69) is 10.6 Å². The Morgan fingerprint density at radius 1 is 1.33 bits per heavy atom. The van der Waals surface area contributed by atoms with E-state index < -0.39 is 5.54 Å². The van der Waals surface area contributed by atoms with Gasteiger partial charge in [-0.1, -0.05) is 23.7 Å². The number of nitrogens with one attached hydrogen (secondary N) is 2. The Morgan fingerprint density at radius 3 is 2.50 bits per heavy atom. The normalized spacial score (nSPS) is 11.3. The quantitative estimate of drug-likeness (QED) is 0.612. The fourth-order valence-electron chi connectivity index (χ4n) is 1.21. The molecule has 0 spiro atoms. The van der Waals surface area contributed by atoms with Crippen molar-refractivity contribution < 1.29 is 15.0 Å². The highest BCUT2D eigenvalue weighted by Gasteiger charge is 2.22. The van der Waals surface area contributed by atoms with Crippen molar-refractivity contribution in [1.82, 2.24) is 5.32 Å². The fourth-order valence-corrected chi connectivity index (χ4v) is 1.40. The second kappa shape index (κ2) is 6.70. The van der Waals surface area contributed by atoms with Crippen LogP contribution in [-0.2, 0) is 4.79 Å². The third kappa shape index (κ3) is 4.27. The molecule has 100 valence electrons. The standard InChI is InChI=1S/C12H17ClN2O3/c1-12(7-16,8-17)14-6-11(18)15-10-5-3-2-4-9(10)13/h2-5,14,16-17H,6-8H2,1H3,(H,15,18). The average molecular weight is 273 g/mol. The molecule has 1 rings (SSSR count). The summed E-state index contributed by atoms with van der Waals surface area (Å²) >= 11 is 5.90. The van der Waals surface area contributed by atoms with Gasteiger partial charge < -0.3 is 15.5 Å². The first-order valence-corrected chi connectivity index (χ1v) is 5.90. The van der Waals surface area contributed by atoms with E-state index in [4.69, 9.17) is 21.8 Å². The summed E-state index contributed by atoms with van der Waals surface area (Å²) in [5, 5.41) is 24.0. The first-order chi connectivity index (χ1) is 8.50. The SMILES string of the molecule is CC(CO)(CO)NCC(=O)Nc1ccccc1Cl. The average Bonchev–Trinajstić information content (AvgIpc) is 2.39. The molecule has 0 atom stereocenters. The van der Waals surface area contributed by atoms with Crippen LogP contribution in [0.3, 0.4) is 0 Å². The molecular weight excluding hydrogens is 256 g/mol. The van der Waals surface area contributed by atoms with Crippen molar-refractivity contribution in [3.63, 3.8) is 0 Å². The number of amides is 1. The van der Waals surface area contributed by atoms with E-state index in [1.165, 1.54) is 0 Å². The van der Waals surface area contributed by atoms with Crippen LogP contribution in [0.4, 0.5) is 5.69 Å². The molecule has 5 nitrogen and oxygen atoms in total. The monoisotopic (exact) mass is 272 g/mol. The number of aliphatic hydroxyl groups excluding tert-OH is 2. The second-order valence-corrected chi connectivity index (χ2v) is 4.67. The molecule has 0 aliphatic carbocycles. The minimum atomic E-state index is -0.877. The largest absolute Gasteiger partial charge is 0.394 e. The molecule has 1 aromatic rings. The van der Waals surface area contributed by atoms with E-state index in [0.29, 0.717) is 10.7 Å². The first kappa shape index (κ1) is 14.9. The lowest BCUT2D eigenvalue weighted by atomic mass is 10.1. The molecule has 0 aliphatic heterocycles. The van der Waals surface area contributed by atoms with Crippen molar-refractivity contribution in [3.05, 3.63) is 29.3 Å². The number of carbonyl (C=O) groups is 1. The summed E-state index contributed by atoms with van der Waals surface area (Å²) in [5.74, 6) is -0.295. The van der Waals surface area contributed by atoms with Crippen LogP contribution in [0.1, 0.15) is 6.92 Å². The minimum Gasteiger partial charge on any atom is -0.394 e. The lowest BCUT2D eigenvalue weighted by Gasteiger charge is -2.25. The Kier molecular flexibility index (Phi) is 5.55. The maximum absolute atomic E-state index is 11.6. The Morgan fingerprint density at radius 2 is 1.94 bits per heavy atom. The highest BCUT2D eigenvalue weighted by molar-refractivity contribution is 6.33. The van der Waals surface area contributed by atoms with Gasteiger partial charge in [-0.05, 0) is 19.1 Å². The molecule has 1 aromatic carbocycles. The van der Waals surface area contributed by atoms with Crippen molar-refractivity contribution in [1.29, 1.82) is 0 Å². The maximum atomic E-state index is 11.6. The van der Waals surface area contributed by atoms with Gasteiger partial charge in [-0.2, -0.15) is 0 Å². The topological polar surface area (TPSA) is 81.6 Å². The molecule has 0 fully saturated rings. The third-order valence-corrected chi connectivity index (χ3v) is 2.85. The predicted octanol–water partition coefficient (Wildman–Crippen LogP) is 0.611. The molecule has 0 bridgehead atoms. The van der Waals surface area contributed by atoms with Crippen molar-refractivity contribution in [3.8, 4) is 0 Å². The zero-order chi connectivity index (χ0) is 13.6. The summed E-state index contributed by atoms with van der Waals surface area (Å²) in [6, 6.07) is 6.90. The molecule has 0 radical (unpaired) electrons. The van der Waals surface area contributed by atoms with E-state index in [1.807, 2.05) is 0 Å². The summed E-state index contributed by atoms with van der Waals surface area (Å²) in [5.41, 5.74) is -0.349. The van der Waals surface area contributed by atoms with E-state index in [0.717, 1.165) is 0 Å². The summed E-state index contributed by atoms with van der Waals surface area (Å²) in [4.78, 5) is 11.6. The maximum Gasteiger partial charge on any atom is 0.238 e. The number of hydrogen-bond acceptors (Lipinski definition) is 4. The number of para-hydroxylation sites is 1. The highest BCUT2D eigenvalue weighted by Crippen LogP contribution is 2.20. The van der Waals surface area contributed by atoms with Gasteiger partial charge in [-0.15, -0.1) is 0 Å². The van der Waals surface area contributed by atoms with E-state index in [1.54, 1.807) is 31.2 Å². The number of benzene rings is 1. The molecule has 0 aliphatic rings. The number of carbonyl (C=O) groups excluding carboxylic acids is 1. The van der Waals surface area contributed by atoms with Crippen LogP contribution in [0, 0.1) is 0 Å². The molecule has 18 heavy (non-hydrogen) atoms. The third-order valence-electron chi connectivity index (χ3n) is 2.52. The summed E-state index contributed by atoms with van der Waals surface area (Å²) < 4.78 is 0. The van der Waals surface area contributed by atoms with Crippen LogP contribution >= 0.6 is 11.6 Å². The number of aliphatic hydroxyl groups is 2. The van der Waals surface area contributed by atoms with Crippen LogP contribution in [0.25, 0.3) is 0 Å². The Balaban J connectivity index is 2.50. The fraction of sp³-hybridized carbons (Fsp3) is 0.417. The zero-order valence-electron chi connectivity index (χ0n) is 10.1. The molecule has 0 aromatic heterocycles. The summed E-state index contributed by atoms with van der Waals surface area (Å²) in [6.45, 7) is 1.07. The number of rotatable bonds is 6. The zero-order valence-corrected chi connectivity index (χ0v) is 10.9. The lowest BCUT2D eigenvalue weighted by Crippen LogP contribution is -2.51. The van der Waals surface area contributed by atoms with Gasteiger partial charge >= 0.3 is 0 Å². The van der Waals surface area contributed by atoms with Gasteiger partial charge in [-0.3, -0.25) is 10.1 Å². The van der Waals surface area contributed by atoms with Crippen LogP contribution in [0.5, 0.6) is 0 Å². The molecule has 6 heteroatoms. The van der Waals surface area contributed by atoms with E-state index >= 15 is 0 Å². The predicted molar refractivity (Wildman–Crippen MR) is 70.7 cm³/mol. The van der Waals surface area contributed by atoms with Gasteiger partial charge in [0.1, 0.15) is 0 Å². The second-order valence-electron chi connectivity index (χ2n) is 4.26. The summed E-state index contributed by atoms with van der Waals surface area (Å²) in [7, 11) is 0. The number of hydrogen-bond donors (Lipinski definition) is 4. The molecule has 0 unspecified atom stereocenters. The Labute approximate surface area is 111 Å². The smallest absolute Gasteiger partial charge is 0.238 e. The van der Waals surface area contributed by atoms with Gasteiger partial charge in [0.05, 0.1) is 36.0 Å². The Bertz CT molecular complexity index is 408. The van der Waals surface area contributed by atoms with Crippen LogP contribution in [0.15, 0.2) is 24.3 Å². The molecule has 0 saturated heterocycles. The first-order valence-electron chi connectivity index (χ1n) is 5.52. The summed E-state index contributed by atoms with van der Waals surface area (Å²) in [6.07, 6.45) is 0. The van der Waals surface area contributed by atoms with Crippen LogP contribution in [-0.4, -0.2) is 41.4 Å². The van der Waals surface area contributed by atoms with Crippen molar-refractivity contribution >= 4 is 23.2 Å². The minimum absolute atomic E-state index is 0.0250. The van der Waals surface area contributed by atoms with Crippen LogP contribution < -0.4 is 10.6 Å². The van der Waals surface area contributed by atoms with Gasteiger partial charge in [0.25, 0.3) is 0 Å². The lowest BCUT2D eigenvalue weighted by molar-refractivity contribution is -0.115. The van der Waals surface area contributed by atoms with Gasteiger partial charge in [0, 0.05) is 0 Å². The van der Waals surface area contributed by atoms with Crippen molar-refractivity contribution in [2.24, 2.45) is 0 Å².